The molecule has 3 aromatic heterocycles. The van der Waals surface area contributed by atoms with Crippen LogP contribution < -0.4 is 10.6 Å². The van der Waals surface area contributed by atoms with Gasteiger partial charge in [-0.3, -0.25) is 14.8 Å². The van der Waals surface area contributed by atoms with Crippen LogP contribution >= 0.6 is 0 Å². The quantitative estimate of drug-likeness (QED) is 0.550. The molecule has 0 bridgehead atoms. The molecule has 0 aliphatic carbocycles. The number of nitrogens with two attached hydrogens (primary N) is 1. The zero-order valence-electron chi connectivity index (χ0n) is 18.0. The molecular weight excluding hydrogens is 388 g/mol. The number of anilines is 2. The molecule has 7 heteroatoms. The SMILES string of the molecule is CN(C)C(=O)c1ccc(-c2cc(-c3ccnc4cc(N(C)C)ccc34)cnc2N)nc1. The van der Waals surface area contributed by atoms with E-state index in [4.69, 9.17) is 5.73 Å². The predicted octanol–water partition coefficient (Wildman–Crippen LogP) is 3.71. The van der Waals surface area contributed by atoms with Gasteiger partial charge in [0.1, 0.15) is 5.82 Å². The van der Waals surface area contributed by atoms with Crippen LogP contribution in [0.2, 0.25) is 0 Å². The van der Waals surface area contributed by atoms with E-state index in [1.54, 1.807) is 44.8 Å². The molecule has 1 aromatic carbocycles. The summed E-state index contributed by atoms with van der Waals surface area (Å²) >= 11 is 0. The third kappa shape index (κ3) is 3.90. The third-order valence-corrected chi connectivity index (χ3v) is 5.16. The van der Waals surface area contributed by atoms with Crippen molar-refractivity contribution in [3.63, 3.8) is 0 Å². The zero-order valence-corrected chi connectivity index (χ0v) is 18.0. The lowest BCUT2D eigenvalue weighted by Crippen LogP contribution is -2.21. The van der Waals surface area contributed by atoms with Crippen molar-refractivity contribution in [2.24, 2.45) is 0 Å². The number of carbonyl (C=O) groups is 1. The maximum Gasteiger partial charge on any atom is 0.254 e. The summed E-state index contributed by atoms with van der Waals surface area (Å²) < 4.78 is 0. The summed E-state index contributed by atoms with van der Waals surface area (Å²) in [6, 6.07) is 13.7. The first kappa shape index (κ1) is 20.3. The number of pyridine rings is 3. The summed E-state index contributed by atoms with van der Waals surface area (Å²) in [5.41, 5.74) is 12.0. The van der Waals surface area contributed by atoms with Crippen molar-refractivity contribution in [2.75, 3.05) is 38.8 Å². The van der Waals surface area contributed by atoms with E-state index in [1.165, 1.54) is 4.90 Å². The Balaban J connectivity index is 1.77. The molecule has 2 N–H and O–H groups in total. The topological polar surface area (TPSA) is 88.2 Å². The van der Waals surface area contributed by atoms with E-state index in [0.717, 1.165) is 33.3 Å². The van der Waals surface area contributed by atoms with E-state index in [2.05, 4.69) is 33.2 Å². The highest BCUT2D eigenvalue weighted by Gasteiger charge is 2.13. The van der Waals surface area contributed by atoms with Crippen LogP contribution in [-0.4, -0.2) is 53.9 Å². The van der Waals surface area contributed by atoms with Crippen LogP contribution in [0.3, 0.4) is 0 Å². The van der Waals surface area contributed by atoms with Crippen molar-refractivity contribution in [3.8, 4) is 22.4 Å². The van der Waals surface area contributed by atoms with Gasteiger partial charge in [0.15, 0.2) is 0 Å². The monoisotopic (exact) mass is 412 g/mol. The van der Waals surface area contributed by atoms with Crippen LogP contribution in [0.1, 0.15) is 10.4 Å². The summed E-state index contributed by atoms with van der Waals surface area (Å²) in [6.45, 7) is 0. The van der Waals surface area contributed by atoms with Crippen molar-refractivity contribution in [1.82, 2.24) is 19.9 Å². The van der Waals surface area contributed by atoms with E-state index in [0.29, 0.717) is 17.1 Å². The van der Waals surface area contributed by atoms with Gasteiger partial charge in [0, 0.05) is 69.0 Å². The number of amides is 1. The molecule has 0 saturated heterocycles. The van der Waals surface area contributed by atoms with Crippen LogP contribution in [-0.2, 0) is 0 Å². The van der Waals surface area contributed by atoms with E-state index < -0.39 is 0 Å². The van der Waals surface area contributed by atoms with Gasteiger partial charge < -0.3 is 15.5 Å². The Morgan fingerprint density at radius 1 is 0.871 bits per heavy atom. The highest BCUT2D eigenvalue weighted by molar-refractivity contribution is 5.97. The first-order chi connectivity index (χ1) is 14.8. The second-order valence-corrected chi connectivity index (χ2v) is 7.74. The minimum atomic E-state index is -0.0979. The Labute approximate surface area is 181 Å². The number of nitrogen functional groups attached to an aromatic ring is 1. The molecule has 31 heavy (non-hydrogen) atoms. The number of hydrogen-bond acceptors (Lipinski definition) is 6. The minimum absolute atomic E-state index is 0.0979. The Bertz CT molecular complexity index is 1270. The van der Waals surface area contributed by atoms with Gasteiger partial charge >= 0.3 is 0 Å². The van der Waals surface area contributed by atoms with Crippen molar-refractivity contribution in [1.29, 1.82) is 0 Å². The number of fused-ring (bicyclic) bond motifs is 1. The summed E-state index contributed by atoms with van der Waals surface area (Å²) in [6.07, 6.45) is 5.12. The fourth-order valence-corrected chi connectivity index (χ4v) is 3.43. The molecular formula is C24H24N6O. The molecule has 0 unspecified atom stereocenters. The van der Waals surface area contributed by atoms with Gasteiger partial charge in [0.25, 0.3) is 5.91 Å². The smallest absolute Gasteiger partial charge is 0.254 e. The van der Waals surface area contributed by atoms with E-state index >= 15 is 0 Å². The van der Waals surface area contributed by atoms with Gasteiger partial charge in [-0.15, -0.1) is 0 Å². The predicted molar refractivity (Wildman–Crippen MR) is 125 cm³/mol. The molecule has 0 aliphatic rings. The lowest BCUT2D eigenvalue weighted by Gasteiger charge is -2.14. The summed E-state index contributed by atoms with van der Waals surface area (Å²) in [5.74, 6) is 0.287. The molecule has 0 spiro atoms. The fraction of sp³-hybridized carbons (Fsp3) is 0.167. The standard InChI is InChI=1S/C24H24N6O/c1-29(2)17-6-7-19-18(9-10-26-22(19)12-17)16-11-20(23(25)28-14-16)21-8-5-15(13-27-21)24(31)30(3)4/h5-14H,1-4H3,(H2,25,28). The number of nitrogens with zero attached hydrogens (tertiary/aromatic N) is 5. The van der Waals surface area contributed by atoms with Crippen LogP contribution in [0.5, 0.6) is 0 Å². The number of hydrogen-bond donors (Lipinski definition) is 1. The molecule has 0 aliphatic heterocycles. The molecule has 0 atom stereocenters. The minimum Gasteiger partial charge on any atom is -0.383 e. The first-order valence-corrected chi connectivity index (χ1v) is 9.85. The average molecular weight is 412 g/mol. The maximum absolute atomic E-state index is 12.1. The van der Waals surface area contributed by atoms with Gasteiger partial charge in [-0.2, -0.15) is 0 Å². The molecule has 0 saturated carbocycles. The number of benzene rings is 1. The van der Waals surface area contributed by atoms with Crippen molar-refractivity contribution >= 4 is 28.3 Å². The fourth-order valence-electron chi connectivity index (χ4n) is 3.43. The molecule has 1 amide bonds. The Kier molecular flexibility index (Phi) is 5.25. The Hall–Kier alpha value is -4.00. The van der Waals surface area contributed by atoms with E-state index in [-0.39, 0.29) is 5.91 Å². The van der Waals surface area contributed by atoms with Crippen molar-refractivity contribution in [3.05, 3.63) is 66.6 Å². The van der Waals surface area contributed by atoms with Gasteiger partial charge in [-0.25, -0.2) is 4.98 Å². The molecule has 3 heterocycles. The summed E-state index contributed by atoms with van der Waals surface area (Å²) in [5, 5.41) is 1.03. The van der Waals surface area contributed by atoms with Gasteiger partial charge in [-0.1, -0.05) is 6.07 Å². The highest BCUT2D eigenvalue weighted by atomic mass is 16.2. The van der Waals surface area contributed by atoms with E-state index in [9.17, 15) is 4.79 Å². The zero-order chi connectivity index (χ0) is 22.1. The van der Waals surface area contributed by atoms with Crippen LogP contribution in [0.4, 0.5) is 11.5 Å². The highest BCUT2D eigenvalue weighted by Crippen LogP contribution is 2.33. The maximum atomic E-state index is 12.1. The lowest BCUT2D eigenvalue weighted by molar-refractivity contribution is 0.0827. The number of carbonyl (C=O) groups excluding carboxylic acids is 1. The number of aromatic nitrogens is 3. The Morgan fingerprint density at radius 2 is 1.68 bits per heavy atom. The van der Waals surface area contributed by atoms with Gasteiger partial charge in [0.05, 0.1) is 16.8 Å². The summed E-state index contributed by atoms with van der Waals surface area (Å²) in [4.78, 5) is 29.1. The first-order valence-electron chi connectivity index (χ1n) is 9.85. The van der Waals surface area contributed by atoms with Crippen LogP contribution in [0.25, 0.3) is 33.3 Å². The second-order valence-electron chi connectivity index (χ2n) is 7.74. The Morgan fingerprint density at radius 3 is 2.35 bits per heavy atom. The average Bonchev–Trinajstić information content (AvgIpc) is 2.78. The van der Waals surface area contributed by atoms with E-state index in [1.807, 2.05) is 31.1 Å². The van der Waals surface area contributed by atoms with Crippen LogP contribution in [0, 0.1) is 0 Å². The molecule has 7 nitrogen and oxygen atoms in total. The normalized spacial score (nSPS) is 10.8. The summed E-state index contributed by atoms with van der Waals surface area (Å²) in [7, 11) is 7.43. The largest absolute Gasteiger partial charge is 0.383 e. The van der Waals surface area contributed by atoms with Gasteiger partial charge in [0.2, 0.25) is 0 Å². The molecule has 0 fully saturated rings. The molecule has 0 radical (unpaired) electrons. The lowest BCUT2D eigenvalue weighted by atomic mass is 10.00. The molecule has 4 aromatic rings. The van der Waals surface area contributed by atoms with Crippen molar-refractivity contribution in [2.45, 2.75) is 0 Å². The second kappa shape index (κ2) is 8.02. The van der Waals surface area contributed by atoms with Gasteiger partial charge in [-0.05, 0) is 42.0 Å². The molecule has 4 rings (SSSR count). The van der Waals surface area contributed by atoms with Crippen molar-refractivity contribution < 1.29 is 4.79 Å². The third-order valence-electron chi connectivity index (χ3n) is 5.16. The molecule has 156 valence electrons. The van der Waals surface area contributed by atoms with Crippen LogP contribution in [0.15, 0.2) is 61.1 Å². The number of rotatable bonds is 4.